The maximum Gasteiger partial charge on any atom is 0.178 e. The topological polar surface area (TPSA) is 20.7 Å². The number of hydrogen-bond acceptors (Lipinski definition) is 1. The molecule has 0 aliphatic heterocycles. The van der Waals surface area contributed by atoms with E-state index in [0.29, 0.717) is 14.8 Å². The zero-order valence-electron chi connectivity index (χ0n) is 10.9. The molecule has 108 valence electrons. The molecule has 6 heteroatoms. The molecule has 0 aliphatic rings. The fourth-order valence-electron chi connectivity index (χ4n) is 2.27. The largest absolute Gasteiger partial charge is 0.331 e. The third-order valence-electron chi connectivity index (χ3n) is 3.35. The van der Waals surface area contributed by atoms with E-state index in [-0.39, 0.29) is 0 Å². The van der Waals surface area contributed by atoms with Crippen LogP contribution in [0.2, 0.25) is 15.1 Å². The summed E-state index contributed by atoms with van der Waals surface area (Å²) >= 11 is 23.4. The smallest absolute Gasteiger partial charge is 0.178 e. The van der Waals surface area contributed by atoms with E-state index in [1.54, 1.807) is 6.07 Å². The van der Waals surface area contributed by atoms with Crippen molar-refractivity contribution in [3.8, 4) is 0 Å². The fraction of sp³-hybridized carbons (Fsp3) is 0.133. The second-order valence-electron chi connectivity index (χ2n) is 4.74. The maximum atomic E-state index is 6.10. The van der Waals surface area contributed by atoms with E-state index in [1.807, 2.05) is 34.9 Å². The highest BCUT2D eigenvalue weighted by Gasteiger charge is 2.08. The predicted molar refractivity (Wildman–Crippen MR) is 92.3 cm³/mol. The number of hydrogen-bond donors (Lipinski definition) is 1. The highest BCUT2D eigenvalue weighted by molar-refractivity contribution is 7.71. The van der Waals surface area contributed by atoms with Crippen LogP contribution >= 0.6 is 47.0 Å². The van der Waals surface area contributed by atoms with Crippen LogP contribution in [0.15, 0.2) is 36.4 Å². The maximum absolute atomic E-state index is 6.10. The lowest BCUT2D eigenvalue weighted by atomic mass is 10.1. The lowest BCUT2D eigenvalue weighted by Crippen LogP contribution is -2.01. The SMILES string of the molecule is S=c1[nH]c2cc(Cl)c(Cl)cc2n1CCc1ccc(Cl)cc1. The summed E-state index contributed by atoms with van der Waals surface area (Å²) in [7, 11) is 0. The van der Waals surface area contributed by atoms with Crippen molar-refractivity contribution in [1.82, 2.24) is 9.55 Å². The molecule has 2 nitrogen and oxygen atoms in total. The van der Waals surface area contributed by atoms with Crippen molar-refractivity contribution in [3.63, 3.8) is 0 Å². The fourth-order valence-corrected chi connectivity index (χ4v) is 3.01. The zero-order valence-corrected chi connectivity index (χ0v) is 14.0. The average molecular weight is 358 g/mol. The number of rotatable bonds is 3. The summed E-state index contributed by atoms with van der Waals surface area (Å²) in [5.74, 6) is 0. The molecule has 0 aliphatic carbocycles. The average Bonchev–Trinajstić information content (AvgIpc) is 2.74. The lowest BCUT2D eigenvalue weighted by Gasteiger charge is -2.06. The summed E-state index contributed by atoms with van der Waals surface area (Å²) in [6, 6.07) is 11.5. The second kappa shape index (κ2) is 6.01. The first kappa shape index (κ1) is 14.9. The molecule has 0 atom stereocenters. The molecule has 3 rings (SSSR count). The molecule has 2 aromatic carbocycles. The van der Waals surface area contributed by atoms with Crippen molar-refractivity contribution in [2.75, 3.05) is 0 Å². The van der Waals surface area contributed by atoms with Crippen LogP contribution in [-0.2, 0) is 13.0 Å². The minimum atomic E-state index is 0.519. The first-order chi connectivity index (χ1) is 10.0. The molecule has 0 radical (unpaired) electrons. The Labute approximate surface area is 142 Å². The predicted octanol–water partition coefficient (Wildman–Crippen LogP) is 5.90. The normalized spacial score (nSPS) is 11.2. The van der Waals surface area contributed by atoms with Crippen LogP contribution in [0.4, 0.5) is 0 Å². The van der Waals surface area contributed by atoms with Gasteiger partial charge in [-0.25, -0.2) is 0 Å². The molecule has 0 unspecified atom stereocenters. The van der Waals surface area contributed by atoms with Gasteiger partial charge < -0.3 is 9.55 Å². The first-order valence-corrected chi connectivity index (χ1v) is 7.91. The van der Waals surface area contributed by atoms with Crippen LogP contribution in [0.25, 0.3) is 11.0 Å². The van der Waals surface area contributed by atoms with Crippen molar-refractivity contribution < 1.29 is 0 Å². The highest BCUT2D eigenvalue weighted by Crippen LogP contribution is 2.27. The van der Waals surface area contributed by atoms with Crippen LogP contribution < -0.4 is 0 Å². The van der Waals surface area contributed by atoms with Crippen molar-refractivity contribution in [2.45, 2.75) is 13.0 Å². The van der Waals surface area contributed by atoms with Gasteiger partial charge in [0, 0.05) is 11.6 Å². The monoisotopic (exact) mass is 356 g/mol. The van der Waals surface area contributed by atoms with Crippen molar-refractivity contribution in [3.05, 3.63) is 61.8 Å². The van der Waals surface area contributed by atoms with Gasteiger partial charge in [0.25, 0.3) is 0 Å². The van der Waals surface area contributed by atoms with Crippen LogP contribution in [0.1, 0.15) is 5.56 Å². The standard InChI is InChI=1S/C15H11Cl3N2S/c16-10-3-1-9(2-4-10)5-6-20-14-8-12(18)11(17)7-13(14)19-15(20)21/h1-4,7-8H,5-6H2,(H,19,21). The molecule has 0 bridgehead atoms. The number of aryl methyl sites for hydroxylation is 2. The second-order valence-corrected chi connectivity index (χ2v) is 6.38. The number of H-pyrrole nitrogens is 1. The summed E-state index contributed by atoms with van der Waals surface area (Å²) in [6.07, 6.45) is 0.860. The van der Waals surface area contributed by atoms with Gasteiger partial charge in [-0.3, -0.25) is 0 Å². The van der Waals surface area contributed by atoms with Gasteiger partial charge in [0.05, 0.1) is 21.1 Å². The van der Waals surface area contributed by atoms with E-state index in [1.165, 1.54) is 5.56 Å². The summed E-state index contributed by atoms with van der Waals surface area (Å²) in [6.45, 7) is 0.762. The number of aromatic nitrogens is 2. The number of fused-ring (bicyclic) bond motifs is 1. The Kier molecular flexibility index (Phi) is 4.27. The third kappa shape index (κ3) is 3.11. The van der Waals surface area contributed by atoms with E-state index >= 15 is 0 Å². The van der Waals surface area contributed by atoms with Gasteiger partial charge >= 0.3 is 0 Å². The van der Waals surface area contributed by atoms with Crippen molar-refractivity contribution >= 4 is 58.1 Å². The molecule has 0 amide bonds. The van der Waals surface area contributed by atoms with Gasteiger partial charge in [0.15, 0.2) is 4.77 Å². The summed E-state index contributed by atoms with van der Waals surface area (Å²) in [5.41, 5.74) is 3.06. The molecular formula is C15H11Cl3N2S. The Morgan fingerprint density at radius 1 is 1.00 bits per heavy atom. The number of halogens is 3. The molecule has 0 saturated carbocycles. The Morgan fingerprint density at radius 3 is 2.38 bits per heavy atom. The van der Waals surface area contributed by atoms with Gasteiger partial charge in [-0.05, 0) is 48.5 Å². The van der Waals surface area contributed by atoms with Gasteiger partial charge in [-0.1, -0.05) is 46.9 Å². The number of benzene rings is 2. The highest BCUT2D eigenvalue weighted by atomic mass is 35.5. The minimum absolute atomic E-state index is 0.519. The Hall–Kier alpha value is -1.00. The molecule has 0 saturated heterocycles. The van der Waals surface area contributed by atoms with Gasteiger partial charge in [0.1, 0.15) is 0 Å². The van der Waals surface area contributed by atoms with E-state index in [9.17, 15) is 0 Å². The van der Waals surface area contributed by atoms with Gasteiger partial charge in [-0.15, -0.1) is 0 Å². The number of nitrogens with one attached hydrogen (secondary N) is 1. The molecule has 1 heterocycles. The molecule has 0 spiro atoms. The lowest BCUT2D eigenvalue weighted by molar-refractivity contribution is 0.706. The molecule has 21 heavy (non-hydrogen) atoms. The van der Waals surface area contributed by atoms with E-state index in [4.69, 9.17) is 47.0 Å². The van der Waals surface area contributed by atoms with E-state index in [0.717, 1.165) is 29.0 Å². The Morgan fingerprint density at radius 2 is 1.67 bits per heavy atom. The van der Waals surface area contributed by atoms with Gasteiger partial charge in [-0.2, -0.15) is 0 Å². The number of nitrogens with zero attached hydrogens (tertiary/aromatic N) is 1. The zero-order chi connectivity index (χ0) is 15.0. The summed E-state index contributed by atoms with van der Waals surface area (Å²) < 4.78 is 2.69. The first-order valence-electron chi connectivity index (χ1n) is 6.36. The third-order valence-corrected chi connectivity index (χ3v) is 4.65. The number of imidazole rings is 1. The van der Waals surface area contributed by atoms with Crippen molar-refractivity contribution in [2.24, 2.45) is 0 Å². The van der Waals surface area contributed by atoms with Crippen LogP contribution in [0.3, 0.4) is 0 Å². The molecule has 0 fully saturated rings. The van der Waals surface area contributed by atoms with E-state index in [2.05, 4.69) is 4.98 Å². The summed E-state index contributed by atoms with van der Waals surface area (Å²) in [4.78, 5) is 3.15. The van der Waals surface area contributed by atoms with Crippen LogP contribution in [-0.4, -0.2) is 9.55 Å². The Bertz CT molecular complexity index is 850. The summed E-state index contributed by atoms with van der Waals surface area (Å²) in [5, 5.41) is 1.78. The van der Waals surface area contributed by atoms with Crippen LogP contribution in [0.5, 0.6) is 0 Å². The molecule has 3 aromatic rings. The molecular weight excluding hydrogens is 347 g/mol. The molecule has 1 aromatic heterocycles. The quantitative estimate of drug-likeness (QED) is 0.579. The van der Waals surface area contributed by atoms with Crippen LogP contribution in [0, 0.1) is 4.77 Å². The minimum Gasteiger partial charge on any atom is -0.331 e. The number of aromatic amines is 1. The molecule has 1 N–H and O–H groups in total. The Balaban J connectivity index is 1.93. The van der Waals surface area contributed by atoms with Gasteiger partial charge in [0.2, 0.25) is 0 Å². The van der Waals surface area contributed by atoms with Crippen molar-refractivity contribution in [1.29, 1.82) is 0 Å². The van der Waals surface area contributed by atoms with E-state index < -0.39 is 0 Å².